The Kier molecular flexibility index (Phi) is 9.72. The Morgan fingerprint density at radius 2 is 1.92 bits per heavy atom. The standard InChI is InChI=1S/C25H26F2N6O3.ClH/c1-16-14-18(4-7-20(16)24(34)30-10-13-35-12-8-28)32-22-23-31-15-21(33(23)11-9-29-22)17-2-5-19(6-3-17)36-25(26)27;/h2-7,9,11,14-15,25H,8,10,12-13,28H2,1H3,(H,29,32)(H,30,34);1H. The fraction of sp³-hybridized carbons (Fsp3) is 0.240. The number of carbonyl (C=O) groups is 1. The number of alkyl halides is 2. The number of aryl methyl sites for hydroxylation is 1. The van der Waals surface area contributed by atoms with E-state index in [0.717, 1.165) is 22.5 Å². The number of imidazole rings is 1. The number of aromatic nitrogens is 3. The Bertz CT molecular complexity index is 1330. The maximum atomic E-state index is 12.5. The highest BCUT2D eigenvalue weighted by Crippen LogP contribution is 2.27. The van der Waals surface area contributed by atoms with E-state index in [2.05, 4.69) is 25.3 Å². The zero-order valence-corrected chi connectivity index (χ0v) is 20.8. The number of hydrogen-bond donors (Lipinski definition) is 3. The first kappa shape index (κ1) is 27.8. The van der Waals surface area contributed by atoms with Gasteiger partial charge in [-0.3, -0.25) is 9.20 Å². The van der Waals surface area contributed by atoms with Crippen LogP contribution in [0.3, 0.4) is 0 Å². The number of ether oxygens (including phenoxy) is 2. The van der Waals surface area contributed by atoms with Crippen LogP contribution in [0.2, 0.25) is 0 Å². The molecule has 0 atom stereocenters. The predicted octanol–water partition coefficient (Wildman–Crippen LogP) is 4.18. The fourth-order valence-electron chi connectivity index (χ4n) is 3.68. The van der Waals surface area contributed by atoms with Crippen LogP contribution < -0.4 is 21.1 Å². The largest absolute Gasteiger partial charge is 0.435 e. The summed E-state index contributed by atoms with van der Waals surface area (Å²) in [7, 11) is 0. The van der Waals surface area contributed by atoms with Gasteiger partial charge in [0.1, 0.15) is 5.75 Å². The van der Waals surface area contributed by atoms with Crippen molar-refractivity contribution in [3.8, 4) is 17.0 Å². The summed E-state index contributed by atoms with van der Waals surface area (Å²) in [6.45, 7) is 0.673. The molecule has 0 saturated heterocycles. The fourth-order valence-corrected chi connectivity index (χ4v) is 3.68. The molecule has 0 saturated carbocycles. The van der Waals surface area contributed by atoms with E-state index in [1.54, 1.807) is 42.9 Å². The van der Waals surface area contributed by atoms with Crippen molar-refractivity contribution >= 4 is 35.5 Å². The normalized spacial score (nSPS) is 10.8. The summed E-state index contributed by atoms with van der Waals surface area (Å²) in [6, 6.07) is 11.7. The average molecular weight is 533 g/mol. The molecule has 4 rings (SSSR count). The number of hydrogen-bond acceptors (Lipinski definition) is 7. The van der Waals surface area contributed by atoms with Crippen LogP contribution in [0.25, 0.3) is 16.9 Å². The molecule has 4 aromatic rings. The second kappa shape index (κ2) is 12.9. The maximum Gasteiger partial charge on any atom is 0.387 e. The molecule has 0 bridgehead atoms. The van der Waals surface area contributed by atoms with Crippen LogP contribution in [0.1, 0.15) is 15.9 Å². The molecule has 0 aliphatic carbocycles. The molecule has 0 radical (unpaired) electrons. The number of nitrogens with two attached hydrogens (primary N) is 1. The van der Waals surface area contributed by atoms with Crippen LogP contribution in [-0.2, 0) is 4.74 Å². The van der Waals surface area contributed by atoms with Crippen molar-refractivity contribution in [2.45, 2.75) is 13.5 Å². The van der Waals surface area contributed by atoms with Crippen molar-refractivity contribution in [2.24, 2.45) is 5.73 Å². The Morgan fingerprint density at radius 1 is 1.14 bits per heavy atom. The molecular formula is C25H27ClF2N6O3. The summed E-state index contributed by atoms with van der Waals surface area (Å²) < 4.78 is 36.4. The molecule has 0 aliphatic rings. The molecule has 0 fully saturated rings. The van der Waals surface area contributed by atoms with Crippen molar-refractivity contribution in [3.63, 3.8) is 0 Å². The molecule has 2 heterocycles. The monoisotopic (exact) mass is 532 g/mol. The number of rotatable bonds is 11. The molecule has 0 unspecified atom stereocenters. The Labute approximate surface area is 218 Å². The molecule has 196 valence electrons. The number of nitrogens with one attached hydrogen (secondary N) is 2. The number of nitrogens with zero attached hydrogens (tertiary/aromatic N) is 3. The van der Waals surface area contributed by atoms with Gasteiger partial charge in [0, 0.05) is 42.3 Å². The number of amides is 1. The molecule has 0 aliphatic heterocycles. The lowest BCUT2D eigenvalue weighted by Gasteiger charge is -2.12. The second-order valence-electron chi connectivity index (χ2n) is 7.83. The van der Waals surface area contributed by atoms with Crippen molar-refractivity contribution in [3.05, 3.63) is 72.2 Å². The van der Waals surface area contributed by atoms with Crippen LogP contribution in [-0.4, -0.2) is 53.2 Å². The molecule has 0 spiro atoms. The first-order chi connectivity index (χ1) is 17.5. The average Bonchev–Trinajstić information content (AvgIpc) is 3.29. The minimum absolute atomic E-state index is 0. The summed E-state index contributed by atoms with van der Waals surface area (Å²) in [6.07, 6.45) is 5.08. The van der Waals surface area contributed by atoms with E-state index in [1.807, 2.05) is 17.4 Å². The van der Waals surface area contributed by atoms with Gasteiger partial charge in [-0.25, -0.2) is 9.97 Å². The second-order valence-corrected chi connectivity index (χ2v) is 7.83. The number of benzene rings is 2. The minimum atomic E-state index is -2.88. The van der Waals surface area contributed by atoms with Crippen LogP contribution >= 0.6 is 12.4 Å². The van der Waals surface area contributed by atoms with E-state index in [1.165, 1.54) is 12.1 Å². The van der Waals surface area contributed by atoms with E-state index in [-0.39, 0.29) is 24.1 Å². The van der Waals surface area contributed by atoms with Crippen molar-refractivity contribution in [1.29, 1.82) is 0 Å². The molecule has 37 heavy (non-hydrogen) atoms. The van der Waals surface area contributed by atoms with Gasteiger partial charge in [0.25, 0.3) is 5.91 Å². The number of halogens is 3. The summed E-state index contributed by atoms with van der Waals surface area (Å²) >= 11 is 0. The minimum Gasteiger partial charge on any atom is -0.435 e. The van der Waals surface area contributed by atoms with Gasteiger partial charge in [0.05, 0.1) is 25.1 Å². The zero-order chi connectivity index (χ0) is 25.5. The topological polar surface area (TPSA) is 116 Å². The lowest BCUT2D eigenvalue weighted by Crippen LogP contribution is -2.28. The van der Waals surface area contributed by atoms with E-state index < -0.39 is 6.61 Å². The third-order valence-electron chi connectivity index (χ3n) is 5.33. The van der Waals surface area contributed by atoms with Gasteiger partial charge < -0.3 is 25.8 Å². The first-order valence-corrected chi connectivity index (χ1v) is 11.3. The van der Waals surface area contributed by atoms with E-state index in [9.17, 15) is 13.6 Å². The summed E-state index contributed by atoms with van der Waals surface area (Å²) in [4.78, 5) is 21.4. The van der Waals surface area contributed by atoms with Crippen molar-refractivity contribution in [2.75, 3.05) is 31.6 Å². The van der Waals surface area contributed by atoms with E-state index >= 15 is 0 Å². The highest BCUT2D eigenvalue weighted by atomic mass is 35.5. The highest BCUT2D eigenvalue weighted by Gasteiger charge is 2.13. The first-order valence-electron chi connectivity index (χ1n) is 11.3. The van der Waals surface area contributed by atoms with Gasteiger partial charge in [-0.15, -0.1) is 12.4 Å². The van der Waals surface area contributed by atoms with Gasteiger partial charge in [-0.05, 0) is 55.0 Å². The maximum absolute atomic E-state index is 12.5. The van der Waals surface area contributed by atoms with Crippen molar-refractivity contribution < 1.29 is 23.0 Å². The molecule has 12 heteroatoms. The van der Waals surface area contributed by atoms with Gasteiger partial charge in [0.2, 0.25) is 0 Å². The van der Waals surface area contributed by atoms with Gasteiger partial charge in [0.15, 0.2) is 11.5 Å². The smallest absolute Gasteiger partial charge is 0.387 e. The summed E-state index contributed by atoms with van der Waals surface area (Å²) in [5.74, 6) is 0.424. The Morgan fingerprint density at radius 3 is 2.62 bits per heavy atom. The molecular weight excluding hydrogens is 506 g/mol. The number of anilines is 2. The molecule has 9 nitrogen and oxygen atoms in total. The Balaban J connectivity index is 0.00000380. The third-order valence-corrected chi connectivity index (χ3v) is 5.33. The zero-order valence-electron chi connectivity index (χ0n) is 20.0. The van der Waals surface area contributed by atoms with E-state index in [0.29, 0.717) is 43.3 Å². The lowest BCUT2D eigenvalue weighted by molar-refractivity contribution is -0.0498. The SMILES string of the molecule is Cc1cc(Nc2nccn3c(-c4ccc(OC(F)F)cc4)cnc23)ccc1C(=O)NCCOCCN.Cl. The van der Waals surface area contributed by atoms with Crippen molar-refractivity contribution in [1.82, 2.24) is 19.7 Å². The molecule has 4 N–H and O–H groups in total. The van der Waals surface area contributed by atoms with Crippen LogP contribution in [0.4, 0.5) is 20.3 Å². The molecule has 2 aromatic carbocycles. The quantitative estimate of drug-likeness (QED) is 0.248. The van der Waals surface area contributed by atoms with Crippen LogP contribution in [0.15, 0.2) is 61.1 Å². The van der Waals surface area contributed by atoms with Crippen LogP contribution in [0, 0.1) is 6.92 Å². The van der Waals surface area contributed by atoms with Gasteiger partial charge in [-0.1, -0.05) is 0 Å². The highest BCUT2D eigenvalue weighted by molar-refractivity contribution is 5.96. The summed E-state index contributed by atoms with van der Waals surface area (Å²) in [5, 5.41) is 6.08. The predicted molar refractivity (Wildman–Crippen MR) is 139 cm³/mol. The molecule has 2 aromatic heterocycles. The number of fused-ring (bicyclic) bond motifs is 1. The lowest BCUT2D eigenvalue weighted by atomic mass is 10.1. The third kappa shape index (κ3) is 6.91. The Hall–Kier alpha value is -3.80. The molecule has 1 amide bonds. The summed E-state index contributed by atoms with van der Waals surface area (Å²) in [5.41, 5.74) is 9.60. The van der Waals surface area contributed by atoms with Crippen LogP contribution in [0.5, 0.6) is 5.75 Å². The van der Waals surface area contributed by atoms with E-state index in [4.69, 9.17) is 10.5 Å². The van der Waals surface area contributed by atoms with Gasteiger partial charge >= 0.3 is 6.61 Å². The van der Waals surface area contributed by atoms with Gasteiger partial charge in [-0.2, -0.15) is 8.78 Å². The number of carbonyl (C=O) groups excluding carboxylic acids is 1.